The summed E-state index contributed by atoms with van der Waals surface area (Å²) in [6, 6.07) is 7.06. The van der Waals surface area contributed by atoms with E-state index in [0.29, 0.717) is 22.0 Å². The highest BCUT2D eigenvalue weighted by atomic mass is 35.5. The Kier molecular flexibility index (Phi) is 5.65. The lowest BCUT2D eigenvalue weighted by molar-refractivity contribution is 0.149. The molecule has 0 aliphatic carbocycles. The Morgan fingerprint density at radius 3 is 2.85 bits per heavy atom. The van der Waals surface area contributed by atoms with Gasteiger partial charge in [0, 0.05) is 17.8 Å². The topological polar surface area (TPSA) is 80.9 Å². The standard InChI is InChI=1S/C17H14ClFN4O2S/c1-26-17-20-5-4-14(22-17)11-7-16(25)23(21-8-11)9-15(24)10-2-3-12(18)13(19)6-10/h2-8,15,24H,9H2,1H3/t15-/m0/s1. The molecule has 3 aromatic rings. The van der Waals surface area contributed by atoms with E-state index >= 15 is 0 Å². The van der Waals surface area contributed by atoms with E-state index in [4.69, 9.17) is 11.6 Å². The zero-order chi connectivity index (χ0) is 18.7. The van der Waals surface area contributed by atoms with E-state index in [9.17, 15) is 14.3 Å². The molecule has 26 heavy (non-hydrogen) atoms. The van der Waals surface area contributed by atoms with Gasteiger partial charge in [0.05, 0.1) is 29.6 Å². The smallest absolute Gasteiger partial charge is 0.267 e. The summed E-state index contributed by atoms with van der Waals surface area (Å²) in [4.78, 5) is 20.7. The number of aliphatic hydroxyl groups is 1. The van der Waals surface area contributed by atoms with Gasteiger partial charge in [0.25, 0.3) is 5.56 Å². The number of thioether (sulfide) groups is 1. The highest BCUT2D eigenvalue weighted by Crippen LogP contribution is 2.21. The first kappa shape index (κ1) is 18.5. The normalized spacial score (nSPS) is 12.2. The van der Waals surface area contributed by atoms with Crippen LogP contribution >= 0.6 is 23.4 Å². The fourth-order valence-electron chi connectivity index (χ4n) is 2.30. The number of hydrogen-bond acceptors (Lipinski definition) is 6. The molecule has 0 aliphatic rings. The van der Waals surface area contributed by atoms with Crippen LogP contribution < -0.4 is 5.56 Å². The fraction of sp³-hybridized carbons (Fsp3) is 0.176. The van der Waals surface area contributed by atoms with E-state index in [1.165, 1.54) is 36.2 Å². The molecule has 2 heterocycles. The minimum atomic E-state index is -1.10. The maximum absolute atomic E-state index is 13.5. The summed E-state index contributed by atoms with van der Waals surface area (Å²) < 4.78 is 14.6. The third-order valence-corrected chi connectivity index (χ3v) is 4.52. The summed E-state index contributed by atoms with van der Waals surface area (Å²) in [5, 5.41) is 14.9. The van der Waals surface area contributed by atoms with E-state index < -0.39 is 17.5 Å². The molecule has 0 aliphatic heterocycles. The molecule has 0 unspecified atom stereocenters. The molecule has 0 fully saturated rings. The van der Waals surface area contributed by atoms with Gasteiger partial charge >= 0.3 is 0 Å². The van der Waals surface area contributed by atoms with Crippen LogP contribution in [0.5, 0.6) is 0 Å². The number of halogens is 2. The summed E-state index contributed by atoms with van der Waals surface area (Å²) in [6.07, 6.45) is 3.86. The number of aliphatic hydroxyl groups excluding tert-OH is 1. The molecule has 9 heteroatoms. The maximum Gasteiger partial charge on any atom is 0.267 e. The molecule has 0 saturated heterocycles. The molecule has 1 aromatic carbocycles. The lowest BCUT2D eigenvalue weighted by Gasteiger charge is -2.13. The van der Waals surface area contributed by atoms with Crippen molar-refractivity contribution in [2.45, 2.75) is 17.8 Å². The summed E-state index contributed by atoms with van der Waals surface area (Å²) in [5.74, 6) is -0.632. The molecule has 1 atom stereocenters. The van der Waals surface area contributed by atoms with Crippen molar-refractivity contribution in [3.05, 3.63) is 69.5 Å². The van der Waals surface area contributed by atoms with Crippen LogP contribution in [-0.2, 0) is 6.54 Å². The minimum absolute atomic E-state index is 0.0324. The SMILES string of the molecule is CSc1nccc(-c2cnn(C[C@H](O)c3ccc(Cl)c(F)c3)c(=O)c2)n1. The molecule has 0 radical (unpaired) electrons. The zero-order valence-electron chi connectivity index (χ0n) is 13.6. The third-order valence-electron chi connectivity index (χ3n) is 3.66. The molecule has 3 rings (SSSR count). The van der Waals surface area contributed by atoms with E-state index in [1.54, 1.807) is 12.3 Å². The van der Waals surface area contributed by atoms with Gasteiger partial charge in [0.2, 0.25) is 0 Å². The van der Waals surface area contributed by atoms with Crippen LogP contribution in [0.1, 0.15) is 11.7 Å². The summed E-state index contributed by atoms with van der Waals surface area (Å²) in [5.41, 5.74) is 1.04. The monoisotopic (exact) mass is 392 g/mol. The lowest BCUT2D eigenvalue weighted by Crippen LogP contribution is -2.25. The van der Waals surface area contributed by atoms with Crippen LogP contribution in [0.2, 0.25) is 5.02 Å². The molecule has 134 valence electrons. The quantitative estimate of drug-likeness (QED) is 0.531. The molecule has 0 amide bonds. The number of hydrogen-bond donors (Lipinski definition) is 1. The van der Waals surface area contributed by atoms with Crippen LogP contribution in [0, 0.1) is 5.82 Å². The maximum atomic E-state index is 13.5. The Morgan fingerprint density at radius 1 is 1.35 bits per heavy atom. The second kappa shape index (κ2) is 7.94. The summed E-state index contributed by atoms with van der Waals surface area (Å²) in [7, 11) is 0. The van der Waals surface area contributed by atoms with Crippen LogP contribution in [0.3, 0.4) is 0 Å². The third kappa shape index (κ3) is 4.09. The number of nitrogens with zero attached hydrogens (tertiary/aromatic N) is 4. The van der Waals surface area contributed by atoms with E-state index in [1.807, 2.05) is 6.26 Å². The Morgan fingerprint density at radius 2 is 2.15 bits per heavy atom. The van der Waals surface area contributed by atoms with Gasteiger partial charge in [-0.1, -0.05) is 29.4 Å². The van der Waals surface area contributed by atoms with Crippen LogP contribution in [0.25, 0.3) is 11.3 Å². The van der Waals surface area contributed by atoms with Crippen LogP contribution in [-0.4, -0.2) is 31.1 Å². The molecule has 1 N–H and O–H groups in total. The number of aromatic nitrogens is 4. The van der Waals surface area contributed by atoms with Crippen molar-refractivity contribution in [1.82, 2.24) is 19.7 Å². The average molecular weight is 393 g/mol. The molecular formula is C17H14ClFN4O2S. The molecular weight excluding hydrogens is 379 g/mol. The van der Waals surface area contributed by atoms with E-state index in [-0.39, 0.29) is 11.6 Å². The van der Waals surface area contributed by atoms with Gasteiger partial charge in [-0.25, -0.2) is 19.0 Å². The van der Waals surface area contributed by atoms with Crippen molar-refractivity contribution < 1.29 is 9.50 Å². The number of benzene rings is 1. The van der Waals surface area contributed by atoms with Crippen molar-refractivity contribution in [1.29, 1.82) is 0 Å². The van der Waals surface area contributed by atoms with Gasteiger partial charge in [-0.15, -0.1) is 0 Å². The van der Waals surface area contributed by atoms with Gasteiger partial charge in [-0.2, -0.15) is 5.10 Å². The average Bonchev–Trinajstić information content (AvgIpc) is 2.65. The predicted octanol–water partition coefficient (Wildman–Crippen LogP) is 2.95. The Hall–Kier alpha value is -2.29. The van der Waals surface area contributed by atoms with Gasteiger partial charge in [-0.05, 0) is 30.0 Å². The molecule has 0 saturated carbocycles. The van der Waals surface area contributed by atoms with Crippen LogP contribution in [0.4, 0.5) is 4.39 Å². The second-order valence-electron chi connectivity index (χ2n) is 5.38. The largest absolute Gasteiger partial charge is 0.386 e. The molecule has 2 aromatic heterocycles. The highest BCUT2D eigenvalue weighted by molar-refractivity contribution is 7.98. The summed E-state index contributed by atoms with van der Waals surface area (Å²) in [6.45, 7) is -0.111. The van der Waals surface area contributed by atoms with Crippen molar-refractivity contribution in [3.63, 3.8) is 0 Å². The second-order valence-corrected chi connectivity index (χ2v) is 6.56. The Bertz CT molecular complexity index is 998. The van der Waals surface area contributed by atoms with Crippen LogP contribution in [0.15, 0.2) is 52.7 Å². The van der Waals surface area contributed by atoms with Gasteiger partial charge in [0.1, 0.15) is 5.82 Å². The van der Waals surface area contributed by atoms with Gasteiger partial charge < -0.3 is 5.11 Å². The lowest BCUT2D eigenvalue weighted by atomic mass is 10.1. The fourth-order valence-corrected chi connectivity index (χ4v) is 2.77. The molecule has 0 bridgehead atoms. The van der Waals surface area contributed by atoms with E-state index in [0.717, 1.165) is 10.7 Å². The Balaban J connectivity index is 1.83. The van der Waals surface area contributed by atoms with Gasteiger partial charge in [-0.3, -0.25) is 4.79 Å². The minimum Gasteiger partial charge on any atom is -0.386 e. The first-order valence-corrected chi connectivity index (χ1v) is 9.16. The predicted molar refractivity (Wildman–Crippen MR) is 97.7 cm³/mol. The molecule has 0 spiro atoms. The van der Waals surface area contributed by atoms with Crippen molar-refractivity contribution in [3.8, 4) is 11.3 Å². The van der Waals surface area contributed by atoms with Crippen molar-refractivity contribution in [2.75, 3.05) is 6.26 Å². The first-order valence-electron chi connectivity index (χ1n) is 7.55. The van der Waals surface area contributed by atoms with Gasteiger partial charge in [0.15, 0.2) is 5.16 Å². The molecule has 6 nitrogen and oxygen atoms in total. The van der Waals surface area contributed by atoms with Crippen molar-refractivity contribution in [2.24, 2.45) is 0 Å². The van der Waals surface area contributed by atoms with Crippen molar-refractivity contribution >= 4 is 23.4 Å². The zero-order valence-corrected chi connectivity index (χ0v) is 15.2. The number of rotatable bonds is 5. The van der Waals surface area contributed by atoms with E-state index in [2.05, 4.69) is 15.1 Å². The highest BCUT2D eigenvalue weighted by Gasteiger charge is 2.13. The first-order chi connectivity index (χ1) is 12.5. The summed E-state index contributed by atoms with van der Waals surface area (Å²) >= 11 is 7.03. The Labute approximate surface area is 157 Å².